The Kier molecular flexibility index (Phi) is 3.36. The highest BCUT2D eigenvalue weighted by Gasteiger charge is 2.20. The molecule has 8 heteroatoms. The first-order chi connectivity index (χ1) is 13.2. The van der Waals surface area contributed by atoms with Crippen LogP contribution in [-0.4, -0.2) is 34.1 Å². The molecule has 0 radical (unpaired) electrons. The second-order valence-electron chi connectivity index (χ2n) is 6.30. The summed E-state index contributed by atoms with van der Waals surface area (Å²) in [5.41, 5.74) is 11.0. The molecule has 0 aliphatic rings. The molecule has 0 unspecified atom stereocenters. The Balaban J connectivity index is 1.74. The summed E-state index contributed by atoms with van der Waals surface area (Å²) in [6.07, 6.45) is 6.78. The zero-order chi connectivity index (χ0) is 18.4. The lowest BCUT2D eigenvalue weighted by Crippen LogP contribution is -2.11. The Labute approximate surface area is 154 Å². The number of rotatable bonds is 3. The summed E-state index contributed by atoms with van der Waals surface area (Å²) in [5.74, 6) is 0.371. The van der Waals surface area contributed by atoms with Crippen molar-refractivity contribution in [2.24, 2.45) is 0 Å². The van der Waals surface area contributed by atoms with E-state index in [9.17, 15) is 0 Å². The average Bonchev–Trinajstić information content (AvgIpc) is 3.34. The minimum atomic E-state index is -0.0753. The van der Waals surface area contributed by atoms with Crippen LogP contribution in [0.2, 0.25) is 0 Å². The van der Waals surface area contributed by atoms with Crippen LogP contribution < -0.4 is 5.73 Å². The van der Waals surface area contributed by atoms with Crippen molar-refractivity contribution in [3.8, 4) is 11.3 Å². The van der Waals surface area contributed by atoms with E-state index >= 15 is 0 Å². The molecule has 8 nitrogen and oxygen atoms in total. The lowest BCUT2D eigenvalue weighted by molar-refractivity contribution is 0.648. The van der Waals surface area contributed by atoms with Crippen molar-refractivity contribution in [2.45, 2.75) is 13.0 Å². The van der Waals surface area contributed by atoms with Crippen LogP contribution in [0.1, 0.15) is 18.5 Å². The maximum absolute atomic E-state index is 5.94. The van der Waals surface area contributed by atoms with Crippen molar-refractivity contribution in [3.05, 3.63) is 67.0 Å². The van der Waals surface area contributed by atoms with Gasteiger partial charge in [0.2, 0.25) is 0 Å². The van der Waals surface area contributed by atoms with E-state index in [4.69, 9.17) is 10.8 Å². The summed E-state index contributed by atoms with van der Waals surface area (Å²) in [7, 11) is 0. The van der Waals surface area contributed by atoms with Gasteiger partial charge in [0.05, 0.1) is 18.1 Å². The van der Waals surface area contributed by atoms with Gasteiger partial charge in [-0.05, 0) is 13.0 Å². The lowest BCUT2D eigenvalue weighted by atomic mass is 10.0. The van der Waals surface area contributed by atoms with Crippen LogP contribution in [0.4, 0.5) is 5.82 Å². The fraction of sp³-hybridized carbons (Fsp3) is 0.105. The predicted molar refractivity (Wildman–Crippen MR) is 102 cm³/mol. The molecule has 2 N–H and O–H groups in total. The molecule has 0 spiro atoms. The molecule has 0 aliphatic heterocycles. The molecule has 4 aromatic heterocycles. The lowest BCUT2D eigenvalue weighted by Gasteiger charge is -2.18. The number of hydrogen-bond donors (Lipinski definition) is 1. The fourth-order valence-electron chi connectivity index (χ4n) is 3.31. The van der Waals surface area contributed by atoms with Crippen molar-refractivity contribution in [1.82, 2.24) is 34.1 Å². The smallest absolute Gasteiger partial charge is 0.165 e. The number of hydrogen-bond acceptors (Lipinski definition) is 6. The number of benzene rings is 1. The monoisotopic (exact) mass is 356 g/mol. The van der Waals surface area contributed by atoms with Crippen molar-refractivity contribution >= 4 is 22.6 Å². The zero-order valence-corrected chi connectivity index (χ0v) is 14.6. The Bertz CT molecular complexity index is 1250. The summed E-state index contributed by atoms with van der Waals surface area (Å²) in [6.45, 7) is 2.09. The molecule has 5 rings (SSSR count). The van der Waals surface area contributed by atoms with Crippen molar-refractivity contribution < 1.29 is 0 Å². The molecule has 27 heavy (non-hydrogen) atoms. The molecule has 5 aromatic rings. The van der Waals surface area contributed by atoms with E-state index in [0.29, 0.717) is 17.0 Å². The molecule has 1 aromatic carbocycles. The van der Waals surface area contributed by atoms with Gasteiger partial charge in [-0.25, -0.2) is 24.5 Å². The molecule has 4 heterocycles. The normalized spacial score (nSPS) is 12.6. The topological polar surface area (TPSA) is 99.8 Å². The maximum atomic E-state index is 5.94. The van der Waals surface area contributed by atoms with Crippen molar-refractivity contribution in [2.75, 3.05) is 5.73 Å². The van der Waals surface area contributed by atoms with Gasteiger partial charge in [-0.3, -0.25) is 0 Å². The SMILES string of the molecule is C[C@@H](c1cc2nccn2nc1-c1ccccc1)n1cnc2c(N)ncnc21. The molecule has 0 amide bonds. The Morgan fingerprint density at radius 2 is 1.89 bits per heavy atom. The Morgan fingerprint density at radius 1 is 1.04 bits per heavy atom. The minimum absolute atomic E-state index is 0.0753. The maximum Gasteiger partial charge on any atom is 0.165 e. The number of nitrogen functional groups attached to an aromatic ring is 1. The van der Waals surface area contributed by atoms with E-state index < -0.39 is 0 Å². The molecule has 0 aliphatic carbocycles. The molecule has 1 atom stereocenters. The number of nitrogens with two attached hydrogens (primary N) is 1. The number of aromatic nitrogens is 7. The van der Waals surface area contributed by atoms with Gasteiger partial charge in [0.15, 0.2) is 17.1 Å². The first-order valence-electron chi connectivity index (χ1n) is 8.55. The van der Waals surface area contributed by atoms with Gasteiger partial charge in [0.25, 0.3) is 0 Å². The second kappa shape index (κ2) is 5.87. The van der Waals surface area contributed by atoms with Gasteiger partial charge in [-0.1, -0.05) is 30.3 Å². The van der Waals surface area contributed by atoms with Crippen LogP contribution >= 0.6 is 0 Å². The third kappa shape index (κ3) is 2.42. The third-order valence-electron chi connectivity index (χ3n) is 4.72. The Morgan fingerprint density at radius 3 is 2.74 bits per heavy atom. The van der Waals surface area contributed by atoms with Gasteiger partial charge in [0.1, 0.15) is 11.8 Å². The molecule has 0 bridgehead atoms. The first kappa shape index (κ1) is 15.4. The van der Waals surface area contributed by atoms with Crippen molar-refractivity contribution in [3.63, 3.8) is 0 Å². The minimum Gasteiger partial charge on any atom is -0.382 e. The van der Waals surface area contributed by atoms with Crippen LogP contribution in [0, 0.1) is 0 Å². The molecule has 0 fully saturated rings. The van der Waals surface area contributed by atoms with Crippen LogP contribution in [0.5, 0.6) is 0 Å². The van der Waals surface area contributed by atoms with Gasteiger partial charge >= 0.3 is 0 Å². The molecule has 132 valence electrons. The predicted octanol–water partition coefficient (Wildman–Crippen LogP) is 2.73. The van der Waals surface area contributed by atoms with Crippen LogP contribution in [-0.2, 0) is 0 Å². The van der Waals surface area contributed by atoms with Crippen molar-refractivity contribution in [1.29, 1.82) is 0 Å². The van der Waals surface area contributed by atoms with E-state index in [1.54, 1.807) is 17.0 Å². The zero-order valence-electron chi connectivity index (χ0n) is 14.6. The second-order valence-corrected chi connectivity index (χ2v) is 6.30. The summed E-state index contributed by atoms with van der Waals surface area (Å²) < 4.78 is 3.76. The summed E-state index contributed by atoms with van der Waals surface area (Å²) >= 11 is 0. The number of imidazole rings is 2. The van der Waals surface area contributed by atoms with E-state index in [0.717, 1.165) is 22.5 Å². The van der Waals surface area contributed by atoms with E-state index in [2.05, 4.69) is 32.9 Å². The highest BCUT2D eigenvalue weighted by molar-refractivity contribution is 5.81. The average molecular weight is 356 g/mol. The number of anilines is 1. The third-order valence-corrected chi connectivity index (χ3v) is 4.72. The number of fused-ring (bicyclic) bond motifs is 2. The van der Waals surface area contributed by atoms with Crippen LogP contribution in [0.15, 0.2) is 61.4 Å². The highest BCUT2D eigenvalue weighted by Crippen LogP contribution is 2.31. The fourth-order valence-corrected chi connectivity index (χ4v) is 3.31. The van der Waals surface area contributed by atoms with Gasteiger partial charge < -0.3 is 10.3 Å². The van der Waals surface area contributed by atoms with Gasteiger partial charge in [0, 0.05) is 23.5 Å². The van der Waals surface area contributed by atoms with Crippen LogP contribution in [0.3, 0.4) is 0 Å². The molecule has 0 saturated heterocycles. The van der Waals surface area contributed by atoms with Gasteiger partial charge in [-0.15, -0.1) is 0 Å². The standard InChI is InChI=1S/C19H16N8/c1-12(26-11-24-17-18(20)22-10-23-19(17)26)14-9-15-21-7-8-27(15)25-16(14)13-5-3-2-4-6-13/h2-12H,1H3,(H2,20,22,23)/t12-/m0/s1. The largest absolute Gasteiger partial charge is 0.382 e. The van der Waals surface area contributed by atoms with E-state index in [-0.39, 0.29) is 6.04 Å². The summed E-state index contributed by atoms with van der Waals surface area (Å²) in [5, 5.41) is 4.80. The highest BCUT2D eigenvalue weighted by atomic mass is 15.2. The Hall–Kier alpha value is -3.81. The van der Waals surface area contributed by atoms with E-state index in [1.807, 2.05) is 41.1 Å². The quantitative estimate of drug-likeness (QED) is 0.533. The first-order valence-corrected chi connectivity index (χ1v) is 8.55. The van der Waals surface area contributed by atoms with Crippen LogP contribution in [0.25, 0.3) is 28.1 Å². The molecular formula is C19H16N8. The molecular weight excluding hydrogens is 340 g/mol. The summed E-state index contributed by atoms with van der Waals surface area (Å²) in [6, 6.07) is 12.1. The summed E-state index contributed by atoms with van der Waals surface area (Å²) in [4.78, 5) is 17.2. The molecule has 0 saturated carbocycles. The number of nitrogens with zero attached hydrogens (tertiary/aromatic N) is 7. The van der Waals surface area contributed by atoms with E-state index in [1.165, 1.54) is 6.33 Å². The van der Waals surface area contributed by atoms with Gasteiger partial charge in [-0.2, -0.15) is 5.10 Å².